The van der Waals surface area contributed by atoms with Crippen LogP contribution in [0.1, 0.15) is 68.4 Å². The molecular weight excluding hydrogens is 352 g/mol. The number of methoxy groups -OCH3 is 1. The van der Waals surface area contributed by atoms with Crippen LogP contribution in [0.2, 0.25) is 0 Å². The van der Waals surface area contributed by atoms with Crippen LogP contribution in [-0.4, -0.2) is 40.1 Å². The van der Waals surface area contributed by atoms with Crippen molar-refractivity contribution in [1.82, 2.24) is 9.38 Å². The number of anilines is 1. The minimum Gasteiger partial charge on any atom is -0.381 e. The number of aryl methyl sites for hydroxylation is 1. The first-order chi connectivity index (χ1) is 13.3. The Kier molecular flexibility index (Phi) is 4.86. The lowest BCUT2D eigenvalue weighted by atomic mass is 9.86. The highest BCUT2D eigenvalue weighted by molar-refractivity contribution is 5.99. The topological polar surface area (TPSA) is 72.9 Å². The molecule has 4 rings (SSSR count). The van der Waals surface area contributed by atoms with E-state index >= 15 is 0 Å². The number of rotatable bonds is 6. The second-order valence-electron chi connectivity index (χ2n) is 9.01. The molecule has 2 heterocycles. The summed E-state index contributed by atoms with van der Waals surface area (Å²) in [6, 6.07) is 4.36. The van der Waals surface area contributed by atoms with Gasteiger partial charge in [-0.3, -0.25) is 4.79 Å². The van der Waals surface area contributed by atoms with Gasteiger partial charge in [-0.1, -0.05) is 0 Å². The molecule has 0 bridgehead atoms. The molecule has 2 aliphatic rings. The largest absolute Gasteiger partial charge is 0.381 e. The number of nitrogens with two attached hydrogens (primary N) is 1. The lowest BCUT2D eigenvalue weighted by Crippen LogP contribution is -2.53. The number of amides is 1. The van der Waals surface area contributed by atoms with E-state index < -0.39 is 5.91 Å². The molecule has 6 heteroatoms. The van der Waals surface area contributed by atoms with Crippen molar-refractivity contribution in [2.45, 2.75) is 77.0 Å². The highest BCUT2D eigenvalue weighted by atomic mass is 16.5. The van der Waals surface area contributed by atoms with Gasteiger partial charge in [0.05, 0.1) is 11.7 Å². The predicted octanol–water partition coefficient (Wildman–Crippen LogP) is 3.69. The smallest absolute Gasteiger partial charge is 0.252 e. The van der Waals surface area contributed by atoms with Crippen LogP contribution in [0, 0.1) is 12.8 Å². The van der Waals surface area contributed by atoms with Gasteiger partial charge in [0.25, 0.3) is 5.91 Å². The van der Waals surface area contributed by atoms with Gasteiger partial charge in [-0.25, -0.2) is 4.98 Å². The van der Waals surface area contributed by atoms with Gasteiger partial charge >= 0.3 is 0 Å². The van der Waals surface area contributed by atoms with Crippen LogP contribution >= 0.6 is 0 Å². The maximum atomic E-state index is 11.9. The van der Waals surface area contributed by atoms with Crippen LogP contribution in [0.15, 0.2) is 18.3 Å². The van der Waals surface area contributed by atoms with E-state index in [2.05, 4.69) is 31.7 Å². The summed E-state index contributed by atoms with van der Waals surface area (Å²) >= 11 is 0. The fourth-order valence-corrected chi connectivity index (χ4v) is 5.01. The molecule has 2 aromatic rings. The summed E-state index contributed by atoms with van der Waals surface area (Å²) in [5.74, 6) is 1.22. The fraction of sp³-hybridized carbons (Fsp3) is 0.636. The van der Waals surface area contributed by atoms with Crippen molar-refractivity contribution in [3.8, 4) is 0 Å². The third kappa shape index (κ3) is 3.28. The molecule has 28 heavy (non-hydrogen) atoms. The molecule has 0 aliphatic heterocycles. The second-order valence-corrected chi connectivity index (χ2v) is 9.01. The quantitative estimate of drug-likeness (QED) is 0.824. The minimum absolute atomic E-state index is 0.0296. The van der Waals surface area contributed by atoms with Gasteiger partial charge in [0, 0.05) is 36.6 Å². The van der Waals surface area contributed by atoms with Crippen LogP contribution < -0.4 is 10.6 Å². The predicted molar refractivity (Wildman–Crippen MR) is 111 cm³/mol. The van der Waals surface area contributed by atoms with Gasteiger partial charge in [0.15, 0.2) is 5.65 Å². The second kappa shape index (κ2) is 7.07. The Hall–Kier alpha value is -2.08. The third-order valence-corrected chi connectivity index (χ3v) is 6.85. The van der Waals surface area contributed by atoms with E-state index in [-0.39, 0.29) is 5.54 Å². The molecular formula is C22H32N4O2. The Balaban J connectivity index is 1.78. The van der Waals surface area contributed by atoms with E-state index in [1.807, 2.05) is 17.7 Å². The zero-order valence-electron chi connectivity index (χ0n) is 17.4. The molecule has 0 radical (unpaired) electrons. The molecule has 2 aliphatic carbocycles. The summed E-state index contributed by atoms with van der Waals surface area (Å²) in [7, 11) is 1.81. The first-order valence-corrected chi connectivity index (χ1v) is 10.4. The van der Waals surface area contributed by atoms with Gasteiger partial charge in [-0.05, 0) is 71.3 Å². The fourth-order valence-electron chi connectivity index (χ4n) is 5.01. The van der Waals surface area contributed by atoms with Crippen LogP contribution in [0.3, 0.4) is 0 Å². The van der Waals surface area contributed by atoms with Crippen molar-refractivity contribution in [1.29, 1.82) is 0 Å². The summed E-state index contributed by atoms with van der Waals surface area (Å²) in [6.45, 7) is 6.76. The van der Waals surface area contributed by atoms with E-state index in [1.165, 1.54) is 12.8 Å². The normalized spacial score (nSPS) is 23.1. The van der Waals surface area contributed by atoms with Gasteiger partial charge in [0.1, 0.15) is 5.82 Å². The average Bonchev–Trinajstić information content (AvgIpc) is 3.43. The molecule has 2 saturated carbocycles. The Morgan fingerprint density at radius 1 is 1.25 bits per heavy atom. The van der Waals surface area contributed by atoms with Crippen molar-refractivity contribution in [3.63, 3.8) is 0 Å². The van der Waals surface area contributed by atoms with Gasteiger partial charge in [-0.2, -0.15) is 0 Å². The maximum absolute atomic E-state index is 11.9. The molecule has 0 spiro atoms. The highest BCUT2D eigenvalue weighted by Gasteiger charge is 2.45. The van der Waals surface area contributed by atoms with Gasteiger partial charge in [0.2, 0.25) is 0 Å². The van der Waals surface area contributed by atoms with Crippen molar-refractivity contribution in [3.05, 3.63) is 29.6 Å². The van der Waals surface area contributed by atoms with E-state index in [0.717, 1.165) is 37.2 Å². The Morgan fingerprint density at radius 3 is 2.50 bits per heavy atom. The summed E-state index contributed by atoms with van der Waals surface area (Å²) in [4.78, 5) is 19.4. The van der Waals surface area contributed by atoms with Crippen LogP contribution in [0.25, 0.3) is 5.65 Å². The third-order valence-electron chi connectivity index (χ3n) is 6.85. The van der Waals surface area contributed by atoms with Crippen LogP contribution in [0.4, 0.5) is 5.82 Å². The Morgan fingerprint density at radius 2 is 1.93 bits per heavy atom. The molecule has 2 aromatic heterocycles. The zero-order chi connectivity index (χ0) is 20.1. The SMILES string of the molecule is COC1CCC(N(c2cc(C)n3ccc(C(N)=O)c3n2)C(C)(C)C2CC2)CC1. The van der Waals surface area contributed by atoms with E-state index in [0.29, 0.717) is 29.3 Å². The van der Waals surface area contributed by atoms with E-state index in [1.54, 1.807) is 6.07 Å². The van der Waals surface area contributed by atoms with Crippen molar-refractivity contribution in [2.75, 3.05) is 12.0 Å². The first kappa shape index (κ1) is 19.2. The number of aromatic nitrogens is 2. The Bertz CT molecular complexity index is 876. The Labute approximate surface area is 167 Å². The summed E-state index contributed by atoms with van der Waals surface area (Å²) < 4.78 is 7.54. The molecule has 1 amide bonds. The van der Waals surface area contributed by atoms with Gasteiger partial charge < -0.3 is 19.8 Å². The first-order valence-electron chi connectivity index (χ1n) is 10.4. The number of ether oxygens (including phenoxy) is 1. The summed E-state index contributed by atoms with van der Waals surface area (Å²) in [5.41, 5.74) is 7.83. The van der Waals surface area contributed by atoms with Gasteiger partial charge in [-0.15, -0.1) is 0 Å². The molecule has 0 atom stereocenters. The lowest BCUT2D eigenvalue weighted by Gasteiger charge is -2.47. The van der Waals surface area contributed by atoms with E-state index in [4.69, 9.17) is 15.5 Å². The summed E-state index contributed by atoms with van der Waals surface area (Å²) in [5, 5.41) is 0. The molecule has 0 saturated heterocycles. The standard InChI is InChI=1S/C22H32N4O2/c1-14-13-19(24-21-18(20(23)27)11-12-25(14)21)26(22(2,3)15-5-6-15)16-7-9-17(28-4)10-8-16/h11-13,15-17H,5-10H2,1-4H3,(H2,23,27). The number of hydrogen-bond donors (Lipinski definition) is 1. The number of fused-ring (bicyclic) bond motifs is 1. The lowest BCUT2D eigenvalue weighted by molar-refractivity contribution is 0.0630. The average molecular weight is 385 g/mol. The number of primary amides is 1. The molecule has 152 valence electrons. The number of carbonyl (C=O) groups is 1. The van der Waals surface area contributed by atoms with E-state index in [9.17, 15) is 4.79 Å². The monoisotopic (exact) mass is 384 g/mol. The maximum Gasteiger partial charge on any atom is 0.252 e. The molecule has 2 N–H and O–H groups in total. The van der Waals surface area contributed by atoms with Crippen molar-refractivity contribution in [2.24, 2.45) is 11.7 Å². The molecule has 6 nitrogen and oxygen atoms in total. The van der Waals surface area contributed by atoms with Crippen molar-refractivity contribution >= 4 is 17.4 Å². The molecule has 0 unspecified atom stereocenters. The van der Waals surface area contributed by atoms with Crippen LogP contribution in [-0.2, 0) is 4.74 Å². The van der Waals surface area contributed by atoms with Crippen LogP contribution in [0.5, 0.6) is 0 Å². The number of hydrogen-bond acceptors (Lipinski definition) is 4. The number of carbonyl (C=O) groups excluding carboxylic acids is 1. The van der Waals surface area contributed by atoms with Crippen molar-refractivity contribution < 1.29 is 9.53 Å². The molecule has 2 fully saturated rings. The summed E-state index contributed by atoms with van der Waals surface area (Å²) in [6.07, 6.45) is 9.16. The zero-order valence-corrected chi connectivity index (χ0v) is 17.4. The number of nitrogens with zero attached hydrogens (tertiary/aromatic N) is 3. The highest BCUT2D eigenvalue weighted by Crippen LogP contribution is 2.46. The minimum atomic E-state index is -0.430. The molecule has 0 aromatic carbocycles.